The van der Waals surface area contributed by atoms with E-state index in [1.54, 1.807) is 0 Å². The maximum absolute atomic E-state index is 12.4. The third-order valence-electron chi connectivity index (χ3n) is 4.32. The van der Waals surface area contributed by atoms with E-state index in [4.69, 9.17) is 9.47 Å². The third kappa shape index (κ3) is 4.32. The summed E-state index contributed by atoms with van der Waals surface area (Å²) in [5.41, 5.74) is -0.551. The number of carbonyl (C=O) groups is 3. The third-order valence-corrected chi connectivity index (χ3v) is 4.32. The summed E-state index contributed by atoms with van der Waals surface area (Å²) in [5, 5.41) is 0. The first-order chi connectivity index (χ1) is 9.43. The molecule has 2 unspecified atom stereocenters. The lowest BCUT2D eigenvalue weighted by Crippen LogP contribution is -2.39. The van der Waals surface area contributed by atoms with Gasteiger partial charge in [-0.2, -0.15) is 0 Å². The molecule has 5 nitrogen and oxygen atoms in total. The Kier molecular flexibility index (Phi) is 6.17. The lowest BCUT2D eigenvalue weighted by molar-refractivity contribution is -0.150. The van der Waals surface area contributed by atoms with E-state index in [1.807, 2.05) is 6.92 Å². The number of hydrogen-bond acceptors (Lipinski definition) is 5. The van der Waals surface area contributed by atoms with Crippen LogP contribution < -0.4 is 0 Å². The monoisotopic (exact) mass is 284 g/mol. The van der Waals surface area contributed by atoms with Crippen molar-refractivity contribution in [3.05, 3.63) is 0 Å². The molecule has 1 rings (SSSR count). The fourth-order valence-corrected chi connectivity index (χ4v) is 2.85. The van der Waals surface area contributed by atoms with Gasteiger partial charge in [-0.3, -0.25) is 14.4 Å². The molecule has 0 amide bonds. The standard InChI is InChI=1S/C15H24O5/c1-4-15(10-14(18)19-3)7-5-12(9-13(15)17)6-8-20-11(2)16/h12H,4-10H2,1-3H3. The van der Waals surface area contributed by atoms with E-state index >= 15 is 0 Å². The van der Waals surface area contributed by atoms with Crippen LogP contribution in [0.3, 0.4) is 0 Å². The highest BCUT2D eigenvalue weighted by atomic mass is 16.5. The minimum atomic E-state index is -0.551. The molecule has 5 heteroatoms. The van der Waals surface area contributed by atoms with Gasteiger partial charge in [0, 0.05) is 18.8 Å². The van der Waals surface area contributed by atoms with Crippen LogP contribution >= 0.6 is 0 Å². The summed E-state index contributed by atoms with van der Waals surface area (Å²) in [7, 11) is 1.35. The van der Waals surface area contributed by atoms with Gasteiger partial charge in [0.05, 0.1) is 20.1 Å². The normalized spacial score (nSPS) is 26.1. The zero-order valence-electron chi connectivity index (χ0n) is 12.6. The molecule has 0 aromatic carbocycles. The van der Waals surface area contributed by atoms with Gasteiger partial charge in [0.2, 0.25) is 0 Å². The van der Waals surface area contributed by atoms with E-state index in [1.165, 1.54) is 14.0 Å². The largest absolute Gasteiger partial charge is 0.469 e. The van der Waals surface area contributed by atoms with Crippen LogP contribution in [0, 0.1) is 11.3 Å². The summed E-state index contributed by atoms with van der Waals surface area (Å²) >= 11 is 0. The lowest BCUT2D eigenvalue weighted by atomic mass is 9.65. The molecule has 0 bridgehead atoms. The number of Topliss-reactive ketones (excluding diaryl/α,β-unsaturated/α-hetero) is 1. The second-order valence-electron chi connectivity index (χ2n) is 5.55. The first kappa shape index (κ1) is 16.7. The fourth-order valence-electron chi connectivity index (χ4n) is 2.85. The highest BCUT2D eigenvalue weighted by molar-refractivity contribution is 5.89. The van der Waals surface area contributed by atoms with Gasteiger partial charge >= 0.3 is 11.9 Å². The second kappa shape index (κ2) is 7.41. The number of methoxy groups -OCH3 is 1. The maximum Gasteiger partial charge on any atom is 0.306 e. The minimum Gasteiger partial charge on any atom is -0.469 e. The van der Waals surface area contributed by atoms with Crippen LogP contribution in [0.2, 0.25) is 0 Å². The summed E-state index contributed by atoms with van der Waals surface area (Å²) in [4.78, 5) is 34.6. The highest BCUT2D eigenvalue weighted by Crippen LogP contribution is 2.42. The Morgan fingerprint density at radius 1 is 1.40 bits per heavy atom. The summed E-state index contributed by atoms with van der Waals surface area (Å²) in [6, 6.07) is 0. The fraction of sp³-hybridized carbons (Fsp3) is 0.800. The van der Waals surface area contributed by atoms with Crippen molar-refractivity contribution in [2.45, 2.75) is 52.4 Å². The van der Waals surface area contributed by atoms with Gasteiger partial charge in [-0.25, -0.2) is 0 Å². The Morgan fingerprint density at radius 2 is 2.10 bits per heavy atom. The van der Waals surface area contributed by atoms with Gasteiger partial charge in [-0.1, -0.05) is 6.92 Å². The topological polar surface area (TPSA) is 69.7 Å². The van der Waals surface area contributed by atoms with E-state index < -0.39 is 5.41 Å². The van der Waals surface area contributed by atoms with Gasteiger partial charge in [-0.15, -0.1) is 0 Å². The average Bonchev–Trinajstić information content (AvgIpc) is 2.41. The van der Waals surface area contributed by atoms with Crippen molar-refractivity contribution in [2.75, 3.05) is 13.7 Å². The molecule has 20 heavy (non-hydrogen) atoms. The number of esters is 2. The first-order valence-corrected chi connectivity index (χ1v) is 7.17. The Balaban J connectivity index is 2.54. The van der Waals surface area contributed by atoms with Crippen LogP contribution in [0.5, 0.6) is 0 Å². The maximum atomic E-state index is 12.4. The van der Waals surface area contributed by atoms with Crippen LogP contribution in [0.4, 0.5) is 0 Å². The number of rotatable bonds is 6. The molecule has 1 fully saturated rings. The van der Waals surface area contributed by atoms with Crippen LogP contribution in [0.25, 0.3) is 0 Å². The van der Waals surface area contributed by atoms with Crippen molar-refractivity contribution in [2.24, 2.45) is 11.3 Å². The van der Waals surface area contributed by atoms with Gasteiger partial charge in [-0.05, 0) is 31.6 Å². The summed E-state index contributed by atoms with van der Waals surface area (Å²) in [5.74, 6) is -0.219. The SMILES string of the molecule is CCC1(CC(=O)OC)CCC(CCOC(C)=O)CC1=O. The molecule has 0 aliphatic heterocycles. The van der Waals surface area contributed by atoms with Crippen LogP contribution in [-0.2, 0) is 23.9 Å². The van der Waals surface area contributed by atoms with E-state index in [0.29, 0.717) is 32.3 Å². The Hall–Kier alpha value is -1.39. The molecular formula is C15H24O5. The van der Waals surface area contributed by atoms with E-state index in [-0.39, 0.29) is 30.1 Å². The molecule has 0 N–H and O–H groups in total. The molecular weight excluding hydrogens is 260 g/mol. The number of ketones is 1. The Labute approximate surface area is 120 Å². The van der Waals surface area contributed by atoms with Crippen molar-refractivity contribution >= 4 is 17.7 Å². The molecule has 0 spiro atoms. The quantitative estimate of drug-likeness (QED) is 0.700. The number of carbonyl (C=O) groups excluding carboxylic acids is 3. The molecule has 1 aliphatic rings. The van der Waals surface area contributed by atoms with Crippen molar-refractivity contribution in [1.82, 2.24) is 0 Å². The molecule has 0 heterocycles. The van der Waals surface area contributed by atoms with Crippen molar-refractivity contribution in [3.8, 4) is 0 Å². The molecule has 114 valence electrons. The summed E-state index contributed by atoms with van der Waals surface area (Å²) in [6.45, 7) is 3.69. The molecule has 0 saturated heterocycles. The molecule has 0 aromatic rings. The van der Waals surface area contributed by atoms with E-state index in [2.05, 4.69) is 0 Å². The Morgan fingerprint density at radius 3 is 2.60 bits per heavy atom. The van der Waals surface area contributed by atoms with E-state index in [9.17, 15) is 14.4 Å². The molecule has 1 saturated carbocycles. The van der Waals surface area contributed by atoms with E-state index in [0.717, 1.165) is 6.42 Å². The molecule has 1 aliphatic carbocycles. The van der Waals surface area contributed by atoms with Crippen LogP contribution in [-0.4, -0.2) is 31.4 Å². The molecule has 2 atom stereocenters. The van der Waals surface area contributed by atoms with Crippen molar-refractivity contribution in [3.63, 3.8) is 0 Å². The Bertz CT molecular complexity index is 376. The molecule has 0 radical (unpaired) electrons. The zero-order valence-corrected chi connectivity index (χ0v) is 12.6. The lowest BCUT2D eigenvalue weighted by Gasteiger charge is -2.37. The van der Waals surface area contributed by atoms with Crippen molar-refractivity contribution < 1.29 is 23.9 Å². The first-order valence-electron chi connectivity index (χ1n) is 7.17. The second-order valence-corrected chi connectivity index (χ2v) is 5.55. The summed E-state index contributed by atoms with van der Waals surface area (Å²) < 4.78 is 9.61. The average molecular weight is 284 g/mol. The predicted octanol–water partition coefficient (Wildman–Crippen LogP) is 2.27. The van der Waals surface area contributed by atoms with Crippen molar-refractivity contribution in [1.29, 1.82) is 0 Å². The highest BCUT2D eigenvalue weighted by Gasteiger charge is 2.42. The minimum absolute atomic E-state index is 0.143. The van der Waals surface area contributed by atoms with Gasteiger partial charge < -0.3 is 9.47 Å². The van der Waals surface area contributed by atoms with Gasteiger partial charge in [0.25, 0.3) is 0 Å². The number of hydrogen-bond donors (Lipinski definition) is 0. The number of ether oxygens (including phenoxy) is 2. The van der Waals surface area contributed by atoms with Crippen LogP contribution in [0.1, 0.15) is 52.4 Å². The zero-order chi connectivity index (χ0) is 15.2. The smallest absolute Gasteiger partial charge is 0.306 e. The predicted molar refractivity (Wildman–Crippen MR) is 73.0 cm³/mol. The molecule has 0 aromatic heterocycles. The van der Waals surface area contributed by atoms with Gasteiger partial charge in [0.15, 0.2) is 0 Å². The van der Waals surface area contributed by atoms with Crippen LogP contribution in [0.15, 0.2) is 0 Å². The summed E-state index contributed by atoms with van der Waals surface area (Å²) in [6.07, 6.45) is 3.61. The van der Waals surface area contributed by atoms with Gasteiger partial charge in [0.1, 0.15) is 5.78 Å².